The van der Waals surface area contributed by atoms with E-state index in [-0.39, 0.29) is 5.89 Å². The van der Waals surface area contributed by atoms with Gasteiger partial charge in [0.25, 0.3) is 0 Å². The van der Waals surface area contributed by atoms with E-state index in [9.17, 15) is 4.79 Å². The molecule has 0 aliphatic carbocycles. The molecule has 2 N–H and O–H groups in total. The van der Waals surface area contributed by atoms with Crippen LogP contribution in [0.1, 0.15) is 29.4 Å². The molecule has 6 nitrogen and oxygen atoms in total. The van der Waals surface area contributed by atoms with Crippen molar-refractivity contribution in [3.63, 3.8) is 0 Å². The zero-order chi connectivity index (χ0) is 9.97. The summed E-state index contributed by atoms with van der Waals surface area (Å²) < 4.78 is 4.55. The molecule has 1 aromatic heterocycles. The maximum absolute atomic E-state index is 10.4. The first kappa shape index (κ1) is 9.14. The lowest BCUT2D eigenvalue weighted by atomic mass is 10.1. The molecule has 1 saturated heterocycles. The number of aromatic carboxylic acids is 1. The number of aromatic nitrogens is 2. The first-order valence-electron chi connectivity index (χ1n) is 4.55. The molecule has 1 unspecified atom stereocenters. The summed E-state index contributed by atoms with van der Waals surface area (Å²) >= 11 is 0. The fourth-order valence-corrected chi connectivity index (χ4v) is 1.58. The Morgan fingerprint density at radius 3 is 3.14 bits per heavy atom. The second kappa shape index (κ2) is 3.75. The average molecular weight is 197 g/mol. The molecule has 2 heterocycles. The van der Waals surface area contributed by atoms with Crippen molar-refractivity contribution in [2.45, 2.75) is 25.3 Å². The summed E-state index contributed by atoms with van der Waals surface area (Å²) in [5.74, 6) is -1.05. The zero-order valence-electron chi connectivity index (χ0n) is 7.56. The Morgan fingerprint density at radius 2 is 2.57 bits per heavy atom. The maximum atomic E-state index is 10.4. The Labute approximate surface area is 80.3 Å². The number of hydrogen-bond donors (Lipinski definition) is 2. The Balaban J connectivity index is 1.98. The van der Waals surface area contributed by atoms with Gasteiger partial charge < -0.3 is 14.9 Å². The Morgan fingerprint density at radius 1 is 1.71 bits per heavy atom. The van der Waals surface area contributed by atoms with Gasteiger partial charge in [-0.1, -0.05) is 5.16 Å². The lowest BCUT2D eigenvalue weighted by Crippen LogP contribution is -2.24. The molecule has 0 saturated carbocycles. The molecule has 2 rings (SSSR count). The van der Waals surface area contributed by atoms with Gasteiger partial charge in [-0.2, -0.15) is 4.98 Å². The molecule has 14 heavy (non-hydrogen) atoms. The molecule has 0 aromatic carbocycles. The van der Waals surface area contributed by atoms with E-state index in [1.165, 1.54) is 0 Å². The minimum Gasteiger partial charge on any atom is -0.474 e. The van der Waals surface area contributed by atoms with Crippen LogP contribution in [-0.4, -0.2) is 33.8 Å². The molecule has 0 bridgehead atoms. The number of carboxylic acid groups (broad SMARTS) is 1. The molecular weight excluding hydrogens is 186 g/mol. The molecule has 1 atom stereocenters. The molecule has 0 radical (unpaired) electrons. The van der Waals surface area contributed by atoms with Gasteiger partial charge in [-0.15, -0.1) is 0 Å². The van der Waals surface area contributed by atoms with Gasteiger partial charge in [-0.3, -0.25) is 0 Å². The van der Waals surface area contributed by atoms with Crippen LogP contribution < -0.4 is 5.32 Å². The van der Waals surface area contributed by atoms with E-state index in [2.05, 4.69) is 20.0 Å². The quantitative estimate of drug-likeness (QED) is 0.712. The summed E-state index contributed by atoms with van der Waals surface area (Å²) in [6.45, 7) is 1.01. The highest BCUT2D eigenvalue weighted by Crippen LogP contribution is 2.09. The minimum atomic E-state index is -1.18. The number of nitrogens with zero attached hydrogens (tertiary/aromatic N) is 2. The molecule has 6 heteroatoms. The summed E-state index contributed by atoms with van der Waals surface area (Å²) in [5, 5.41) is 15.4. The fourth-order valence-electron chi connectivity index (χ4n) is 1.58. The van der Waals surface area contributed by atoms with Crippen molar-refractivity contribution in [3.8, 4) is 0 Å². The third-order valence-electron chi connectivity index (χ3n) is 2.24. The largest absolute Gasteiger partial charge is 0.474 e. The molecule has 1 fully saturated rings. The minimum absolute atomic E-state index is 0.335. The van der Waals surface area contributed by atoms with Crippen molar-refractivity contribution in [1.82, 2.24) is 15.5 Å². The highest BCUT2D eigenvalue weighted by atomic mass is 16.5. The number of carboxylic acids is 1. The summed E-state index contributed by atoms with van der Waals surface area (Å²) in [4.78, 5) is 14.2. The van der Waals surface area contributed by atoms with Crippen molar-refractivity contribution in [2.24, 2.45) is 0 Å². The van der Waals surface area contributed by atoms with Gasteiger partial charge in [-0.25, -0.2) is 4.79 Å². The van der Waals surface area contributed by atoms with Crippen LogP contribution in [0.25, 0.3) is 0 Å². The third kappa shape index (κ3) is 1.90. The standard InChI is InChI=1S/C8H11N3O3/c12-8(13)7-10-6(11-14-7)4-5-2-1-3-9-5/h5,9H,1-4H2,(H,12,13). The van der Waals surface area contributed by atoms with Crippen LogP contribution in [0.4, 0.5) is 0 Å². The van der Waals surface area contributed by atoms with Crippen LogP contribution in [0.15, 0.2) is 4.52 Å². The second-order valence-electron chi connectivity index (χ2n) is 3.32. The van der Waals surface area contributed by atoms with Crippen LogP contribution in [0.3, 0.4) is 0 Å². The normalized spacial score (nSPS) is 21.3. The molecule has 0 spiro atoms. The fraction of sp³-hybridized carbons (Fsp3) is 0.625. The van der Waals surface area contributed by atoms with Gasteiger partial charge in [0.15, 0.2) is 5.82 Å². The van der Waals surface area contributed by atoms with Crippen LogP contribution in [0.2, 0.25) is 0 Å². The van der Waals surface area contributed by atoms with E-state index in [0.29, 0.717) is 18.3 Å². The molecule has 0 amide bonds. The first-order valence-corrected chi connectivity index (χ1v) is 4.55. The number of nitrogens with one attached hydrogen (secondary N) is 1. The van der Waals surface area contributed by atoms with Crippen LogP contribution >= 0.6 is 0 Å². The van der Waals surface area contributed by atoms with E-state index in [1.54, 1.807) is 0 Å². The van der Waals surface area contributed by atoms with Gasteiger partial charge in [0, 0.05) is 12.5 Å². The van der Waals surface area contributed by atoms with E-state index in [0.717, 1.165) is 19.4 Å². The van der Waals surface area contributed by atoms with E-state index in [1.807, 2.05) is 0 Å². The Kier molecular flexibility index (Phi) is 2.45. The van der Waals surface area contributed by atoms with Crippen LogP contribution in [-0.2, 0) is 6.42 Å². The molecular formula is C8H11N3O3. The predicted octanol–water partition coefficient (Wildman–Crippen LogP) is 0.0623. The van der Waals surface area contributed by atoms with Gasteiger partial charge >= 0.3 is 11.9 Å². The van der Waals surface area contributed by atoms with Crippen molar-refractivity contribution in [3.05, 3.63) is 11.7 Å². The van der Waals surface area contributed by atoms with Gasteiger partial charge in [0.1, 0.15) is 0 Å². The topological polar surface area (TPSA) is 88.2 Å². The summed E-state index contributed by atoms with van der Waals surface area (Å²) in [6, 6.07) is 0.356. The highest BCUT2D eigenvalue weighted by Gasteiger charge is 2.19. The van der Waals surface area contributed by atoms with Crippen LogP contribution in [0.5, 0.6) is 0 Å². The Hall–Kier alpha value is -1.43. The molecule has 1 aromatic rings. The monoisotopic (exact) mass is 197 g/mol. The van der Waals surface area contributed by atoms with Crippen molar-refractivity contribution < 1.29 is 14.4 Å². The SMILES string of the molecule is O=C(O)c1nc(CC2CCCN2)no1. The summed E-state index contributed by atoms with van der Waals surface area (Å²) in [6.07, 6.45) is 2.86. The number of rotatable bonds is 3. The van der Waals surface area contributed by atoms with Crippen molar-refractivity contribution in [1.29, 1.82) is 0 Å². The smallest absolute Gasteiger partial charge is 0.394 e. The summed E-state index contributed by atoms with van der Waals surface area (Å²) in [7, 11) is 0. The van der Waals surface area contributed by atoms with E-state index in [4.69, 9.17) is 5.11 Å². The number of carbonyl (C=O) groups is 1. The predicted molar refractivity (Wildman–Crippen MR) is 46.0 cm³/mol. The van der Waals surface area contributed by atoms with Crippen LogP contribution in [0, 0.1) is 0 Å². The van der Waals surface area contributed by atoms with E-state index >= 15 is 0 Å². The third-order valence-corrected chi connectivity index (χ3v) is 2.24. The van der Waals surface area contributed by atoms with Crippen molar-refractivity contribution in [2.75, 3.05) is 6.54 Å². The Bertz CT molecular complexity index is 330. The average Bonchev–Trinajstić information content (AvgIpc) is 2.75. The zero-order valence-corrected chi connectivity index (χ0v) is 7.56. The van der Waals surface area contributed by atoms with Gasteiger partial charge in [0.2, 0.25) is 0 Å². The first-order chi connectivity index (χ1) is 6.75. The second-order valence-corrected chi connectivity index (χ2v) is 3.32. The van der Waals surface area contributed by atoms with Gasteiger partial charge in [-0.05, 0) is 19.4 Å². The van der Waals surface area contributed by atoms with E-state index < -0.39 is 5.97 Å². The van der Waals surface area contributed by atoms with Gasteiger partial charge in [0.05, 0.1) is 0 Å². The molecule has 1 aliphatic rings. The summed E-state index contributed by atoms with van der Waals surface area (Å²) in [5.41, 5.74) is 0. The lowest BCUT2D eigenvalue weighted by Gasteiger charge is -2.04. The number of hydrogen-bond acceptors (Lipinski definition) is 5. The molecule has 1 aliphatic heterocycles. The molecule has 76 valence electrons. The maximum Gasteiger partial charge on any atom is 0.394 e. The van der Waals surface area contributed by atoms with Crippen molar-refractivity contribution >= 4 is 5.97 Å². The lowest BCUT2D eigenvalue weighted by molar-refractivity contribution is 0.0643. The highest BCUT2D eigenvalue weighted by molar-refractivity contribution is 5.81.